The summed E-state index contributed by atoms with van der Waals surface area (Å²) in [4.78, 5) is 11.5. The highest BCUT2D eigenvalue weighted by atomic mass is 16.6. The molecule has 1 fully saturated rings. The number of rotatable bonds is 6. The second-order valence-corrected chi connectivity index (χ2v) is 5.44. The second kappa shape index (κ2) is 7.70. The van der Waals surface area contributed by atoms with E-state index >= 15 is 0 Å². The molecule has 0 bridgehead atoms. The molecule has 17 heavy (non-hydrogen) atoms. The van der Waals surface area contributed by atoms with Crippen molar-refractivity contribution in [2.75, 3.05) is 20.3 Å². The fourth-order valence-electron chi connectivity index (χ4n) is 2.59. The van der Waals surface area contributed by atoms with Crippen molar-refractivity contribution in [3.05, 3.63) is 0 Å². The molecule has 0 radical (unpaired) electrons. The number of hydrogen-bond donors (Lipinski definition) is 0. The number of carbonyl (C=O) groups is 1. The summed E-state index contributed by atoms with van der Waals surface area (Å²) in [5.41, 5.74) is 0. The fraction of sp³-hybridized carbons (Fsp3) is 0.929. The molecule has 1 aliphatic rings. The van der Waals surface area contributed by atoms with E-state index in [4.69, 9.17) is 9.47 Å². The first-order valence-corrected chi connectivity index (χ1v) is 6.78. The topological polar surface area (TPSA) is 35.5 Å². The predicted molar refractivity (Wildman–Crippen MR) is 67.7 cm³/mol. The summed E-state index contributed by atoms with van der Waals surface area (Å²) in [7, 11) is 1.61. The smallest absolute Gasteiger partial charge is 0.306 e. The van der Waals surface area contributed by atoms with E-state index in [1.165, 1.54) is 25.7 Å². The average molecular weight is 242 g/mol. The minimum atomic E-state index is -0.0601. The molecule has 3 heteroatoms. The molecule has 0 aromatic rings. The Morgan fingerprint density at radius 3 is 2.35 bits per heavy atom. The highest BCUT2D eigenvalue weighted by Crippen LogP contribution is 2.34. The monoisotopic (exact) mass is 242 g/mol. The van der Waals surface area contributed by atoms with Crippen molar-refractivity contribution in [1.82, 2.24) is 0 Å². The maximum Gasteiger partial charge on any atom is 0.306 e. The van der Waals surface area contributed by atoms with Gasteiger partial charge in [0, 0.05) is 13.5 Å². The number of carbonyl (C=O) groups excluding carboxylic acids is 1. The minimum Gasteiger partial charge on any atom is -0.463 e. The maximum absolute atomic E-state index is 11.5. The molecule has 0 saturated heterocycles. The molecule has 0 atom stereocenters. The van der Waals surface area contributed by atoms with Gasteiger partial charge in [-0.05, 0) is 43.4 Å². The van der Waals surface area contributed by atoms with E-state index in [2.05, 4.69) is 13.8 Å². The van der Waals surface area contributed by atoms with Crippen LogP contribution in [-0.4, -0.2) is 26.3 Å². The molecule has 0 aromatic heterocycles. The molecule has 0 heterocycles. The molecule has 0 aromatic carbocycles. The zero-order valence-electron chi connectivity index (χ0n) is 11.4. The maximum atomic E-state index is 11.5. The normalized spacial score (nSPS) is 24.9. The molecule has 0 aliphatic heterocycles. The first-order chi connectivity index (χ1) is 8.13. The number of ether oxygens (including phenoxy) is 2. The van der Waals surface area contributed by atoms with Crippen molar-refractivity contribution in [3.63, 3.8) is 0 Å². The van der Waals surface area contributed by atoms with Gasteiger partial charge >= 0.3 is 5.97 Å². The summed E-state index contributed by atoms with van der Waals surface area (Å²) in [6, 6.07) is 0. The molecule has 1 saturated carbocycles. The van der Waals surface area contributed by atoms with Crippen LogP contribution in [-0.2, 0) is 14.3 Å². The first-order valence-electron chi connectivity index (χ1n) is 6.78. The van der Waals surface area contributed by atoms with Gasteiger partial charge in [-0.1, -0.05) is 13.8 Å². The Morgan fingerprint density at radius 1 is 1.18 bits per heavy atom. The van der Waals surface area contributed by atoms with E-state index in [0.29, 0.717) is 25.6 Å². The first kappa shape index (κ1) is 14.5. The Morgan fingerprint density at radius 2 is 1.82 bits per heavy atom. The van der Waals surface area contributed by atoms with E-state index in [-0.39, 0.29) is 5.97 Å². The quantitative estimate of drug-likeness (QED) is 0.530. The third-order valence-electron chi connectivity index (χ3n) is 3.84. The Kier molecular flexibility index (Phi) is 6.56. The van der Waals surface area contributed by atoms with Crippen LogP contribution in [0, 0.1) is 17.8 Å². The van der Waals surface area contributed by atoms with Gasteiger partial charge in [0.05, 0.1) is 6.61 Å². The number of hydrogen-bond acceptors (Lipinski definition) is 3. The molecule has 3 nitrogen and oxygen atoms in total. The van der Waals surface area contributed by atoms with Crippen LogP contribution in [0.5, 0.6) is 0 Å². The SMILES string of the molecule is COCCOC(=O)CC1CCC(C(C)C)CC1. The van der Waals surface area contributed by atoms with Gasteiger partial charge < -0.3 is 9.47 Å². The van der Waals surface area contributed by atoms with Crippen LogP contribution < -0.4 is 0 Å². The van der Waals surface area contributed by atoms with Crippen molar-refractivity contribution >= 4 is 5.97 Å². The lowest BCUT2D eigenvalue weighted by molar-refractivity contribution is -0.146. The lowest BCUT2D eigenvalue weighted by atomic mass is 9.76. The van der Waals surface area contributed by atoms with Crippen LogP contribution in [0.25, 0.3) is 0 Å². The zero-order chi connectivity index (χ0) is 12.7. The standard InChI is InChI=1S/C14H26O3/c1-11(2)13-6-4-12(5-7-13)10-14(15)17-9-8-16-3/h11-13H,4-10H2,1-3H3. The van der Waals surface area contributed by atoms with Crippen LogP contribution >= 0.6 is 0 Å². The molecule has 0 N–H and O–H groups in total. The van der Waals surface area contributed by atoms with Crippen molar-refractivity contribution in [2.24, 2.45) is 17.8 Å². The Labute approximate surface area is 105 Å². The van der Waals surface area contributed by atoms with Crippen molar-refractivity contribution in [2.45, 2.75) is 46.0 Å². The van der Waals surface area contributed by atoms with Gasteiger partial charge in [-0.15, -0.1) is 0 Å². The molecular weight excluding hydrogens is 216 g/mol. The lowest BCUT2D eigenvalue weighted by Crippen LogP contribution is -2.21. The average Bonchev–Trinajstić information content (AvgIpc) is 2.30. The third-order valence-corrected chi connectivity index (χ3v) is 3.84. The molecule has 0 spiro atoms. The highest BCUT2D eigenvalue weighted by molar-refractivity contribution is 5.69. The summed E-state index contributed by atoms with van der Waals surface area (Å²) < 4.78 is 9.94. The largest absolute Gasteiger partial charge is 0.463 e. The van der Waals surface area contributed by atoms with Crippen molar-refractivity contribution < 1.29 is 14.3 Å². The second-order valence-electron chi connectivity index (χ2n) is 5.44. The van der Waals surface area contributed by atoms with Gasteiger partial charge in [0.1, 0.15) is 6.61 Å². The van der Waals surface area contributed by atoms with Gasteiger partial charge in [0.2, 0.25) is 0 Å². The third kappa shape index (κ3) is 5.53. The van der Waals surface area contributed by atoms with E-state index in [1.54, 1.807) is 7.11 Å². The zero-order valence-corrected chi connectivity index (χ0v) is 11.4. The van der Waals surface area contributed by atoms with E-state index < -0.39 is 0 Å². The summed E-state index contributed by atoms with van der Waals surface area (Å²) in [6.45, 7) is 5.47. The van der Waals surface area contributed by atoms with E-state index in [1.807, 2.05) is 0 Å². The number of esters is 1. The van der Waals surface area contributed by atoms with E-state index in [0.717, 1.165) is 11.8 Å². The minimum absolute atomic E-state index is 0.0601. The van der Waals surface area contributed by atoms with Crippen molar-refractivity contribution in [1.29, 1.82) is 0 Å². The molecule has 0 unspecified atom stereocenters. The molecule has 100 valence electrons. The predicted octanol–water partition coefficient (Wildman–Crippen LogP) is 3.03. The lowest BCUT2D eigenvalue weighted by Gasteiger charge is -2.30. The van der Waals surface area contributed by atoms with Crippen LogP contribution in [0.4, 0.5) is 0 Å². The fourth-order valence-corrected chi connectivity index (χ4v) is 2.59. The Bertz CT molecular complexity index is 218. The summed E-state index contributed by atoms with van der Waals surface area (Å²) >= 11 is 0. The van der Waals surface area contributed by atoms with Gasteiger partial charge in [-0.3, -0.25) is 4.79 Å². The molecule has 0 amide bonds. The van der Waals surface area contributed by atoms with Crippen LogP contribution in [0.3, 0.4) is 0 Å². The Balaban J connectivity index is 2.15. The summed E-state index contributed by atoms with van der Waals surface area (Å²) in [5, 5.41) is 0. The van der Waals surface area contributed by atoms with Crippen LogP contribution in [0.1, 0.15) is 46.0 Å². The van der Waals surface area contributed by atoms with Gasteiger partial charge in [-0.25, -0.2) is 0 Å². The van der Waals surface area contributed by atoms with Gasteiger partial charge in [0.25, 0.3) is 0 Å². The van der Waals surface area contributed by atoms with Gasteiger partial charge in [0.15, 0.2) is 0 Å². The molecule has 1 aliphatic carbocycles. The molecule has 1 rings (SSSR count). The molecular formula is C14H26O3. The highest BCUT2D eigenvalue weighted by Gasteiger charge is 2.25. The summed E-state index contributed by atoms with van der Waals surface area (Å²) in [6.07, 6.45) is 5.50. The van der Waals surface area contributed by atoms with Crippen LogP contribution in [0.15, 0.2) is 0 Å². The Hall–Kier alpha value is -0.570. The summed E-state index contributed by atoms with van der Waals surface area (Å²) in [5.74, 6) is 2.12. The van der Waals surface area contributed by atoms with Crippen LogP contribution in [0.2, 0.25) is 0 Å². The van der Waals surface area contributed by atoms with Crippen molar-refractivity contribution in [3.8, 4) is 0 Å². The van der Waals surface area contributed by atoms with Gasteiger partial charge in [-0.2, -0.15) is 0 Å². The number of methoxy groups -OCH3 is 1. The van der Waals surface area contributed by atoms with E-state index in [9.17, 15) is 4.79 Å².